The molecule has 0 radical (unpaired) electrons. The Morgan fingerprint density at radius 1 is 1.11 bits per heavy atom. The van der Waals surface area contributed by atoms with Gasteiger partial charge < -0.3 is 16.0 Å². The van der Waals surface area contributed by atoms with Gasteiger partial charge in [-0.25, -0.2) is 0 Å². The van der Waals surface area contributed by atoms with Crippen molar-refractivity contribution in [3.05, 3.63) is 29.8 Å². The molecule has 4 rings (SSSR count). The Morgan fingerprint density at radius 3 is 2.78 bits per heavy atom. The van der Waals surface area contributed by atoms with Crippen molar-refractivity contribution in [2.24, 2.45) is 17.3 Å². The van der Waals surface area contributed by atoms with Crippen molar-refractivity contribution in [2.75, 3.05) is 18.4 Å². The second-order valence-corrected chi connectivity index (χ2v) is 8.58. The maximum atomic E-state index is 13.0. The number of nitrogens with one attached hydrogen (secondary N) is 3. The number of hydrogen-bond donors (Lipinski definition) is 3. The second kappa shape index (κ2) is 8.01. The Kier molecular flexibility index (Phi) is 5.48. The predicted octanol–water partition coefficient (Wildman–Crippen LogP) is 3.21. The van der Waals surface area contributed by atoms with Crippen molar-refractivity contribution in [3.63, 3.8) is 0 Å². The Labute approximate surface area is 161 Å². The standard InChI is InChI=1S/C22H31N3O2/c26-20(17-7-1-2-8-17)25-19-10-5-6-16(12-19)13-24-21(27)22-11-4-3-9-18(22)14-23-15-22/h5-6,10,12,17-18,23H,1-4,7-9,11,13-15H2,(H,24,27)(H,25,26)/t18-,22+/m0/s1. The van der Waals surface area contributed by atoms with E-state index in [0.717, 1.165) is 69.3 Å². The lowest BCUT2D eigenvalue weighted by Gasteiger charge is -2.37. The third kappa shape index (κ3) is 3.88. The molecule has 0 unspecified atom stereocenters. The predicted molar refractivity (Wildman–Crippen MR) is 106 cm³/mol. The average molecular weight is 370 g/mol. The quantitative estimate of drug-likeness (QED) is 0.746. The van der Waals surface area contributed by atoms with Gasteiger partial charge in [0, 0.05) is 24.7 Å². The van der Waals surface area contributed by atoms with Gasteiger partial charge in [0.05, 0.1) is 5.41 Å². The Bertz CT molecular complexity index is 699. The molecule has 0 spiro atoms. The average Bonchev–Trinajstić information content (AvgIpc) is 3.36. The van der Waals surface area contributed by atoms with Gasteiger partial charge in [0.1, 0.15) is 0 Å². The van der Waals surface area contributed by atoms with Gasteiger partial charge >= 0.3 is 0 Å². The zero-order valence-electron chi connectivity index (χ0n) is 16.1. The molecule has 1 saturated heterocycles. The van der Waals surface area contributed by atoms with Crippen LogP contribution in [-0.2, 0) is 16.1 Å². The van der Waals surface area contributed by atoms with E-state index in [1.807, 2.05) is 24.3 Å². The zero-order valence-corrected chi connectivity index (χ0v) is 16.1. The third-order valence-electron chi connectivity index (χ3n) is 6.86. The summed E-state index contributed by atoms with van der Waals surface area (Å²) in [6, 6.07) is 7.87. The number of fused-ring (bicyclic) bond motifs is 1. The molecular weight excluding hydrogens is 338 g/mol. The summed E-state index contributed by atoms with van der Waals surface area (Å²) < 4.78 is 0. The lowest BCUT2D eigenvalue weighted by Crippen LogP contribution is -2.47. The molecular formula is C22H31N3O2. The van der Waals surface area contributed by atoms with Gasteiger partial charge in [-0.15, -0.1) is 0 Å². The highest BCUT2D eigenvalue weighted by atomic mass is 16.2. The van der Waals surface area contributed by atoms with Crippen LogP contribution in [0.1, 0.15) is 56.9 Å². The Morgan fingerprint density at radius 2 is 1.93 bits per heavy atom. The fourth-order valence-corrected chi connectivity index (χ4v) is 5.24. The first kappa shape index (κ1) is 18.5. The summed E-state index contributed by atoms with van der Waals surface area (Å²) in [4.78, 5) is 25.3. The van der Waals surface area contributed by atoms with Crippen LogP contribution in [0, 0.1) is 17.3 Å². The monoisotopic (exact) mass is 369 g/mol. The van der Waals surface area contributed by atoms with E-state index < -0.39 is 0 Å². The number of carbonyl (C=O) groups is 2. The van der Waals surface area contributed by atoms with Crippen molar-refractivity contribution < 1.29 is 9.59 Å². The van der Waals surface area contributed by atoms with Crippen molar-refractivity contribution in [3.8, 4) is 0 Å². The Balaban J connectivity index is 1.35. The van der Waals surface area contributed by atoms with E-state index in [1.165, 1.54) is 6.42 Å². The van der Waals surface area contributed by atoms with Gasteiger partial charge in [-0.05, 0) is 55.8 Å². The summed E-state index contributed by atoms with van der Waals surface area (Å²) in [6.45, 7) is 2.29. The minimum atomic E-state index is -0.216. The van der Waals surface area contributed by atoms with Crippen LogP contribution in [-0.4, -0.2) is 24.9 Å². The first-order valence-electron chi connectivity index (χ1n) is 10.6. The van der Waals surface area contributed by atoms with Gasteiger partial charge in [0.2, 0.25) is 11.8 Å². The van der Waals surface area contributed by atoms with E-state index in [0.29, 0.717) is 12.5 Å². The molecule has 1 aromatic rings. The van der Waals surface area contributed by atoms with Crippen molar-refractivity contribution in [1.29, 1.82) is 0 Å². The summed E-state index contributed by atoms with van der Waals surface area (Å²) in [7, 11) is 0. The molecule has 27 heavy (non-hydrogen) atoms. The zero-order chi connectivity index (χ0) is 18.7. The van der Waals surface area contributed by atoms with E-state index in [1.54, 1.807) is 0 Å². The van der Waals surface area contributed by atoms with Gasteiger partial charge in [-0.3, -0.25) is 9.59 Å². The van der Waals surface area contributed by atoms with Crippen molar-refractivity contribution >= 4 is 17.5 Å². The second-order valence-electron chi connectivity index (χ2n) is 8.58. The van der Waals surface area contributed by atoms with Gasteiger partial charge in [0.25, 0.3) is 0 Å². The molecule has 3 fully saturated rings. The van der Waals surface area contributed by atoms with Gasteiger partial charge in [-0.2, -0.15) is 0 Å². The van der Waals surface area contributed by atoms with E-state index in [-0.39, 0.29) is 23.1 Å². The van der Waals surface area contributed by atoms with Crippen LogP contribution in [0.3, 0.4) is 0 Å². The summed E-state index contributed by atoms with van der Waals surface area (Å²) in [5.41, 5.74) is 1.64. The topological polar surface area (TPSA) is 70.2 Å². The molecule has 1 aliphatic heterocycles. The minimum absolute atomic E-state index is 0.134. The highest BCUT2D eigenvalue weighted by Crippen LogP contribution is 2.43. The summed E-state index contributed by atoms with van der Waals surface area (Å²) in [5.74, 6) is 0.959. The number of hydrogen-bond acceptors (Lipinski definition) is 3. The molecule has 2 amide bonds. The van der Waals surface area contributed by atoms with E-state index in [2.05, 4.69) is 16.0 Å². The van der Waals surface area contributed by atoms with Crippen LogP contribution in [0.25, 0.3) is 0 Å². The summed E-state index contributed by atoms with van der Waals surface area (Å²) in [6.07, 6.45) is 8.84. The molecule has 146 valence electrons. The SMILES string of the molecule is O=C(Nc1cccc(CNC(=O)[C@@]23CCCC[C@H]2CNC3)c1)C1CCCC1. The lowest BCUT2D eigenvalue weighted by atomic mass is 9.67. The highest BCUT2D eigenvalue weighted by molar-refractivity contribution is 5.92. The summed E-state index contributed by atoms with van der Waals surface area (Å²) in [5, 5.41) is 9.66. The van der Waals surface area contributed by atoms with Crippen LogP contribution < -0.4 is 16.0 Å². The van der Waals surface area contributed by atoms with Crippen LogP contribution >= 0.6 is 0 Å². The van der Waals surface area contributed by atoms with Crippen LogP contribution in [0.4, 0.5) is 5.69 Å². The lowest BCUT2D eigenvalue weighted by molar-refractivity contribution is -0.134. The fraction of sp³-hybridized carbons (Fsp3) is 0.636. The number of carbonyl (C=O) groups excluding carboxylic acids is 2. The van der Waals surface area contributed by atoms with Crippen LogP contribution in [0.2, 0.25) is 0 Å². The fourth-order valence-electron chi connectivity index (χ4n) is 5.24. The largest absolute Gasteiger partial charge is 0.351 e. The molecule has 2 aliphatic carbocycles. The molecule has 0 aromatic heterocycles. The van der Waals surface area contributed by atoms with E-state index >= 15 is 0 Å². The molecule has 3 aliphatic rings. The smallest absolute Gasteiger partial charge is 0.228 e. The van der Waals surface area contributed by atoms with E-state index in [4.69, 9.17) is 0 Å². The molecule has 2 saturated carbocycles. The first-order valence-corrected chi connectivity index (χ1v) is 10.6. The number of benzene rings is 1. The van der Waals surface area contributed by atoms with Gasteiger partial charge in [-0.1, -0.05) is 37.8 Å². The van der Waals surface area contributed by atoms with Gasteiger partial charge in [0.15, 0.2) is 0 Å². The molecule has 5 nitrogen and oxygen atoms in total. The van der Waals surface area contributed by atoms with Crippen LogP contribution in [0.5, 0.6) is 0 Å². The normalized spacial score (nSPS) is 27.9. The maximum absolute atomic E-state index is 13.0. The number of anilines is 1. The first-order chi connectivity index (χ1) is 13.2. The molecule has 2 atom stereocenters. The van der Waals surface area contributed by atoms with E-state index in [9.17, 15) is 9.59 Å². The number of amides is 2. The highest BCUT2D eigenvalue weighted by Gasteiger charge is 2.49. The molecule has 0 bridgehead atoms. The Hall–Kier alpha value is -1.88. The molecule has 3 N–H and O–H groups in total. The van der Waals surface area contributed by atoms with Crippen molar-refractivity contribution in [1.82, 2.24) is 10.6 Å². The molecule has 1 aromatic carbocycles. The molecule has 1 heterocycles. The summed E-state index contributed by atoms with van der Waals surface area (Å²) >= 11 is 0. The van der Waals surface area contributed by atoms with Crippen LogP contribution in [0.15, 0.2) is 24.3 Å². The number of rotatable bonds is 5. The van der Waals surface area contributed by atoms with Crippen molar-refractivity contribution in [2.45, 2.75) is 57.9 Å². The minimum Gasteiger partial charge on any atom is -0.351 e. The third-order valence-corrected chi connectivity index (χ3v) is 6.86. The maximum Gasteiger partial charge on any atom is 0.228 e. The molecule has 5 heteroatoms.